The Balaban J connectivity index is 1.80. The van der Waals surface area contributed by atoms with Crippen molar-refractivity contribution in [3.63, 3.8) is 0 Å². The van der Waals surface area contributed by atoms with E-state index >= 15 is 0 Å². The molecule has 1 aromatic rings. The van der Waals surface area contributed by atoms with Gasteiger partial charge >= 0.3 is 0 Å². The van der Waals surface area contributed by atoms with E-state index in [1.54, 1.807) is 22.6 Å². The predicted molar refractivity (Wildman–Crippen MR) is 136 cm³/mol. The number of nitrogens with two attached hydrogens (primary N) is 1. The summed E-state index contributed by atoms with van der Waals surface area (Å²) in [7, 11) is -1.20. The van der Waals surface area contributed by atoms with E-state index in [-0.39, 0.29) is 19.6 Å². The quantitative estimate of drug-likeness (QED) is 0.219. The maximum absolute atomic E-state index is 14.5. The van der Waals surface area contributed by atoms with Crippen LogP contribution in [0.3, 0.4) is 0 Å². The Hall–Kier alpha value is -1.66. The molecular weight excluding hydrogens is 559 g/mol. The van der Waals surface area contributed by atoms with Gasteiger partial charge in [0, 0.05) is 42.2 Å². The standard InChI is InChI=1S/C23H30F2IN3O3Si/c1-33(2,3)8-7-32-14-28-19-5-4-6-23(16(19)13-27)11-20(30)29(21(31)12-23)22-17(24)9-15(26)10-18(22)25/h9-10,13H,4-8,11-12,14,27H2,1-3H3. The van der Waals surface area contributed by atoms with Gasteiger partial charge in [-0.3, -0.25) is 14.6 Å². The van der Waals surface area contributed by atoms with E-state index in [0.717, 1.165) is 30.3 Å². The number of benzene rings is 1. The smallest absolute Gasteiger partial charge is 0.234 e. The van der Waals surface area contributed by atoms with E-state index in [1.165, 1.54) is 6.20 Å². The third-order valence-corrected chi connectivity index (χ3v) is 8.47. The molecule has 0 aromatic heterocycles. The average Bonchev–Trinajstić information content (AvgIpc) is 2.68. The van der Waals surface area contributed by atoms with Gasteiger partial charge in [0.2, 0.25) is 11.8 Å². The number of halogens is 3. The van der Waals surface area contributed by atoms with Crippen molar-refractivity contribution in [3.8, 4) is 0 Å². The lowest BCUT2D eigenvalue weighted by atomic mass is 9.64. The number of carbonyl (C=O) groups is 2. The number of aliphatic imine (C=N–C) groups is 1. The Labute approximate surface area is 207 Å². The summed E-state index contributed by atoms with van der Waals surface area (Å²) in [6.07, 6.45) is 3.27. The van der Waals surface area contributed by atoms with E-state index in [9.17, 15) is 18.4 Å². The summed E-state index contributed by atoms with van der Waals surface area (Å²) < 4.78 is 35.0. The zero-order chi connectivity index (χ0) is 24.4. The monoisotopic (exact) mass is 589 g/mol. The Morgan fingerprint density at radius 3 is 2.36 bits per heavy atom. The van der Waals surface area contributed by atoms with Crippen LogP contribution in [0.4, 0.5) is 14.5 Å². The van der Waals surface area contributed by atoms with Crippen LogP contribution in [0.2, 0.25) is 25.7 Å². The highest BCUT2D eigenvalue weighted by Gasteiger charge is 2.49. The Bertz CT molecular complexity index is 966. The molecule has 180 valence electrons. The van der Waals surface area contributed by atoms with E-state index in [0.29, 0.717) is 33.5 Å². The summed E-state index contributed by atoms with van der Waals surface area (Å²) in [5.41, 5.74) is 5.92. The normalized spacial score (nSPS) is 21.5. The summed E-state index contributed by atoms with van der Waals surface area (Å²) in [6, 6.07) is 3.23. The lowest BCUT2D eigenvalue weighted by Gasteiger charge is -2.44. The van der Waals surface area contributed by atoms with Gasteiger partial charge in [0.15, 0.2) is 11.6 Å². The van der Waals surface area contributed by atoms with Crippen molar-refractivity contribution in [1.82, 2.24) is 0 Å². The van der Waals surface area contributed by atoms with Gasteiger partial charge in [-0.15, -0.1) is 0 Å². The average molecular weight is 589 g/mol. The molecule has 6 nitrogen and oxygen atoms in total. The Kier molecular flexibility index (Phi) is 8.10. The first-order valence-corrected chi connectivity index (χ1v) is 15.8. The van der Waals surface area contributed by atoms with E-state index in [2.05, 4.69) is 24.6 Å². The fourth-order valence-corrected chi connectivity index (χ4v) is 5.78. The van der Waals surface area contributed by atoms with Crippen molar-refractivity contribution < 1.29 is 23.1 Å². The molecule has 2 amide bonds. The predicted octanol–water partition coefficient (Wildman–Crippen LogP) is 4.99. The summed E-state index contributed by atoms with van der Waals surface area (Å²) in [4.78, 5) is 31.4. The van der Waals surface area contributed by atoms with Gasteiger partial charge in [-0.2, -0.15) is 0 Å². The van der Waals surface area contributed by atoms with Crippen LogP contribution >= 0.6 is 22.6 Å². The van der Waals surface area contributed by atoms with Gasteiger partial charge in [0.05, 0.1) is 0 Å². The molecule has 0 atom stereocenters. The summed E-state index contributed by atoms with van der Waals surface area (Å²) in [5.74, 6) is -3.16. The molecule has 0 radical (unpaired) electrons. The van der Waals surface area contributed by atoms with Crippen LogP contribution < -0.4 is 10.6 Å². The third-order valence-electron chi connectivity index (χ3n) is 6.14. The molecule has 2 fully saturated rings. The number of rotatable bonds is 6. The molecule has 1 aliphatic heterocycles. The maximum atomic E-state index is 14.5. The first kappa shape index (κ1) is 26.0. The number of imide groups is 1. The second kappa shape index (κ2) is 10.3. The van der Waals surface area contributed by atoms with E-state index in [4.69, 9.17) is 10.5 Å². The minimum atomic E-state index is -1.20. The molecule has 10 heteroatoms. The largest absolute Gasteiger partial charge is 0.404 e. The number of piperidine rings is 1. The molecular formula is C23H30F2IN3O3Si. The lowest BCUT2D eigenvalue weighted by Crippen LogP contribution is -2.51. The van der Waals surface area contributed by atoms with Crippen molar-refractivity contribution in [3.05, 3.63) is 39.1 Å². The number of ether oxygens (including phenoxy) is 1. The third kappa shape index (κ3) is 5.89. The zero-order valence-corrected chi connectivity index (χ0v) is 22.4. The summed E-state index contributed by atoms with van der Waals surface area (Å²) in [5, 5.41) is 0. The fraction of sp³-hybridized carbons (Fsp3) is 0.522. The molecule has 2 N–H and O–H groups in total. The number of hydrogen-bond donors (Lipinski definition) is 1. The van der Waals surface area contributed by atoms with E-state index in [1.807, 2.05) is 0 Å². The highest BCUT2D eigenvalue weighted by molar-refractivity contribution is 14.1. The molecule has 3 rings (SSSR count). The second-order valence-corrected chi connectivity index (χ2v) is 16.7. The fourth-order valence-electron chi connectivity index (χ4n) is 4.48. The number of allylic oxidation sites excluding steroid dienone is 1. The van der Waals surface area contributed by atoms with Crippen molar-refractivity contribution in [1.29, 1.82) is 0 Å². The minimum absolute atomic E-state index is 0.0673. The van der Waals surface area contributed by atoms with Crippen LogP contribution in [-0.2, 0) is 14.3 Å². The number of amides is 2. The van der Waals surface area contributed by atoms with Gasteiger partial charge in [-0.1, -0.05) is 19.6 Å². The molecule has 1 aromatic carbocycles. The topological polar surface area (TPSA) is 85.0 Å². The van der Waals surface area contributed by atoms with Gasteiger partial charge in [-0.25, -0.2) is 13.7 Å². The van der Waals surface area contributed by atoms with Crippen LogP contribution in [-0.4, -0.2) is 38.9 Å². The van der Waals surface area contributed by atoms with Crippen molar-refractivity contribution in [2.75, 3.05) is 18.2 Å². The van der Waals surface area contributed by atoms with Crippen LogP contribution in [0.25, 0.3) is 0 Å². The van der Waals surface area contributed by atoms with Gasteiger partial charge < -0.3 is 10.5 Å². The SMILES string of the molecule is C[Si](C)(C)CCOCN=C1CCCC2(CC(=O)N(c3c(F)cc(I)cc3F)C(=O)C2)C1=CN. The Morgan fingerprint density at radius 2 is 1.82 bits per heavy atom. The molecule has 1 heterocycles. The zero-order valence-electron chi connectivity index (χ0n) is 19.2. The number of anilines is 1. The van der Waals surface area contributed by atoms with Gasteiger partial charge in [0.1, 0.15) is 12.4 Å². The van der Waals surface area contributed by atoms with E-state index < -0.39 is 42.6 Å². The summed E-state index contributed by atoms with van der Waals surface area (Å²) >= 11 is 1.78. The molecule has 0 unspecified atom stereocenters. The second-order valence-electron chi connectivity index (χ2n) is 9.86. The van der Waals surface area contributed by atoms with Crippen molar-refractivity contribution >= 4 is 53.9 Å². The molecule has 1 saturated carbocycles. The molecule has 1 aliphatic carbocycles. The first-order chi connectivity index (χ1) is 15.5. The lowest BCUT2D eigenvalue weighted by molar-refractivity contribution is -0.133. The Morgan fingerprint density at radius 1 is 1.21 bits per heavy atom. The molecule has 1 spiro atoms. The number of hydrogen-bond acceptors (Lipinski definition) is 5. The van der Waals surface area contributed by atoms with Crippen LogP contribution in [0.5, 0.6) is 0 Å². The first-order valence-electron chi connectivity index (χ1n) is 11.0. The number of carbonyl (C=O) groups excluding carboxylic acids is 2. The van der Waals surface area contributed by atoms with Crippen LogP contribution in [0.1, 0.15) is 32.1 Å². The highest BCUT2D eigenvalue weighted by atomic mass is 127. The van der Waals surface area contributed by atoms with Gasteiger partial charge in [-0.05, 0) is 71.8 Å². The highest BCUT2D eigenvalue weighted by Crippen LogP contribution is 2.49. The van der Waals surface area contributed by atoms with Gasteiger partial charge in [0.25, 0.3) is 0 Å². The van der Waals surface area contributed by atoms with Crippen molar-refractivity contribution in [2.24, 2.45) is 16.1 Å². The van der Waals surface area contributed by atoms with Crippen LogP contribution in [0.15, 0.2) is 28.9 Å². The summed E-state index contributed by atoms with van der Waals surface area (Å²) in [6.45, 7) is 7.66. The van der Waals surface area contributed by atoms with Crippen molar-refractivity contribution in [2.45, 2.75) is 57.8 Å². The molecule has 1 saturated heterocycles. The molecule has 0 bridgehead atoms. The minimum Gasteiger partial charge on any atom is -0.404 e. The molecule has 33 heavy (non-hydrogen) atoms. The van der Waals surface area contributed by atoms with Crippen LogP contribution in [0, 0.1) is 20.6 Å². The molecule has 2 aliphatic rings. The maximum Gasteiger partial charge on any atom is 0.234 e. The number of nitrogens with zero attached hydrogens (tertiary/aromatic N) is 2.